The summed E-state index contributed by atoms with van der Waals surface area (Å²) in [5.74, 6) is -1.50. The molecule has 3 nitrogen and oxygen atoms in total. The van der Waals surface area contributed by atoms with Gasteiger partial charge < -0.3 is 5.32 Å². The molecule has 0 spiro atoms. The quantitative estimate of drug-likeness (QED) is 0.831. The molecule has 1 aromatic rings. The molecule has 1 heterocycles. The Morgan fingerprint density at radius 3 is 2.59 bits per heavy atom. The highest BCUT2D eigenvalue weighted by atomic mass is 19.4. The number of anilines is 1. The van der Waals surface area contributed by atoms with E-state index in [9.17, 15) is 18.0 Å². The summed E-state index contributed by atoms with van der Waals surface area (Å²) in [6.45, 7) is 3.12. The van der Waals surface area contributed by atoms with E-state index >= 15 is 0 Å². The zero-order chi connectivity index (χ0) is 13.1. The van der Waals surface area contributed by atoms with Crippen molar-refractivity contribution >= 4 is 11.6 Å². The second-order valence-electron chi connectivity index (χ2n) is 3.48. The number of aryl methyl sites for hydroxylation is 1. The molecule has 6 heteroatoms. The molecule has 0 saturated carbocycles. The van der Waals surface area contributed by atoms with Crippen LogP contribution >= 0.6 is 0 Å². The number of rotatable bonds is 3. The van der Waals surface area contributed by atoms with Crippen LogP contribution in [0.2, 0.25) is 0 Å². The van der Waals surface area contributed by atoms with Crippen molar-refractivity contribution in [1.29, 1.82) is 0 Å². The summed E-state index contributed by atoms with van der Waals surface area (Å²) < 4.78 is 35.9. The Morgan fingerprint density at radius 1 is 1.41 bits per heavy atom. The monoisotopic (exact) mass is 244 g/mol. The number of hydrogen-bond acceptors (Lipinski definition) is 3. The van der Waals surface area contributed by atoms with Crippen molar-refractivity contribution in [3.8, 4) is 0 Å². The van der Waals surface area contributed by atoms with Crippen molar-refractivity contribution < 1.29 is 18.0 Å². The first-order valence-electron chi connectivity index (χ1n) is 4.79. The lowest BCUT2D eigenvalue weighted by Crippen LogP contribution is -2.21. The highest BCUT2D eigenvalue weighted by Gasteiger charge is 2.36. The van der Waals surface area contributed by atoms with Crippen LogP contribution in [0.5, 0.6) is 0 Å². The first-order chi connectivity index (χ1) is 7.79. The summed E-state index contributed by atoms with van der Waals surface area (Å²) in [5.41, 5.74) is 0.815. The average Bonchev–Trinajstić information content (AvgIpc) is 2.15. The van der Waals surface area contributed by atoms with E-state index in [0.717, 1.165) is 5.69 Å². The minimum absolute atomic E-state index is 0.0884. The number of ketones is 1. The van der Waals surface area contributed by atoms with E-state index < -0.39 is 12.0 Å². The third-order valence-electron chi connectivity index (χ3n) is 1.84. The number of halogens is 3. The lowest BCUT2D eigenvalue weighted by Gasteiger charge is -2.07. The molecule has 1 N–H and O–H groups in total. The van der Waals surface area contributed by atoms with Gasteiger partial charge in [-0.2, -0.15) is 13.2 Å². The van der Waals surface area contributed by atoms with Crippen LogP contribution in [0, 0.1) is 6.92 Å². The lowest BCUT2D eigenvalue weighted by atomic mass is 10.3. The minimum Gasteiger partial charge on any atom is -0.344 e. The summed E-state index contributed by atoms with van der Waals surface area (Å²) in [6, 6.07) is 5.07. The van der Waals surface area contributed by atoms with Gasteiger partial charge in [0.05, 0.1) is 0 Å². The van der Waals surface area contributed by atoms with Gasteiger partial charge in [-0.25, -0.2) is 4.98 Å². The molecule has 0 fully saturated rings. The van der Waals surface area contributed by atoms with Crippen LogP contribution in [-0.4, -0.2) is 16.9 Å². The van der Waals surface area contributed by atoms with Crippen LogP contribution < -0.4 is 5.32 Å². The number of alkyl halides is 3. The Bertz CT molecular complexity index is 452. The summed E-state index contributed by atoms with van der Waals surface area (Å²) >= 11 is 0. The Labute approximate surface area is 96.4 Å². The summed E-state index contributed by atoms with van der Waals surface area (Å²) in [5, 5.41) is 2.61. The molecule has 17 heavy (non-hydrogen) atoms. The van der Waals surface area contributed by atoms with Crippen molar-refractivity contribution in [1.82, 2.24) is 4.98 Å². The van der Waals surface area contributed by atoms with Crippen LogP contribution in [0.3, 0.4) is 0 Å². The van der Waals surface area contributed by atoms with Gasteiger partial charge in [0.15, 0.2) is 0 Å². The Hall–Kier alpha value is -1.85. The molecule has 0 aromatic carbocycles. The molecule has 0 aliphatic rings. The SMILES string of the molecule is C/C(=C/C(=O)C(F)(F)F)Nc1cccc(C)n1. The van der Waals surface area contributed by atoms with Crippen LogP contribution in [-0.2, 0) is 4.79 Å². The highest BCUT2D eigenvalue weighted by molar-refractivity contribution is 5.95. The van der Waals surface area contributed by atoms with Gasteiger partial charge in [0.2, 0.25) is 0 Å². The first-order valence-corrected chi connectivity index (χ1v) is 4.79. The molecule has 0 radical (unpaired) electrons. The fourth-order valence-corrected chi connectivity index (χ4v) is 1.13. The molecule has 1 rings (SSSR count). The molecule has 0 unspecified atom stereocenters. The fourth-order valence-electron chi connectivity index (χ4n) is 1.13. The van der Waals surface area contributed by atoms with Crippen LogP contribution in [0.1, 0.15) is 12.6 Å². The number of carbonyl (C=O) groups is 1. The summed E-state index contributed by atoms with van der Waals surface area (Å²) in [4.78, 5) is 14.7. The topological polar surface area (TPSA) is 42.0 Å². The molecule has 1 aromatic heterocycles. The van der Waals surface area contributed by atoms with Crippen molar-refractivity contribution in [2.75, 3.05) is 5.32 Å². The number of nitrogens with one attached hydrogen (secondary N) is 1. The van der Waals surface area contributed by atoms with Gasteiger partial charge in [0, 0.05) is 17.5 Å². The number of hydrogen-bond donors (Lipinski definition) is 1. The van der Waals surface area contributed by atoms with Crippen molar-refractivity contribution in [3.05, 3.63) is 35.7 Å². The maximum atomic E-state index is 12.0. The van der Waals surface area contributed by atoms with Gasteiger partial charge >= 0.3 is 6.18 Å². The molecule has 0 saturated heterocycles. The lowest BCUT2D eigenvalue weighted by molar-refractivity contribution is -0.165. The van der Waals surface area contributed by atoms with E-state index in [1.165, 1.54) is 6.92 Å². The van der Waals surface area contributed by atoms with E-state index in [1.54, 1.807) is 25.1 Å². The average molecular weight is 244 g/mol. The Kier molecular flexibility index (Phi) is 3.88. The number of nitrogens with zero attached hydrogens (tertiary/aromatic N) is 1. The number of pyridine rings is 1. The zero-order valence-corrected chi connectivity index (χ0v) is 9.30. The van der Waals surface area contributed by atoms with Gasteiger partial charge in [-0.05, 0) is 26.0 Å². The molecule has 0 aliphatic carbocycles. The largest absolute Gasteiger partial charge is 0.454 e. The van der Waals surface area contributed by atoms with Crippen LogP contribution in [0.25, 0.3) is 0 Å². The van der Waals surface area contributed by atoms with E-state index in [0.29, 0.717) is 11.9 Å². The predicted octanol–water partition coefficient (Wildman–Crippen LogP) is 2.84. The van der Waals surface area contributed by atoms with Crippen LogP contribution in [0.4, 0.5) is 19.0 Å². The number of allylic oxidation sites excluding steroid dienone is 2. The standard InChI is InChI=1S/C11H11F3N2O/c1-7-4-3-5-10(15-7)16-8(2)6-9(17)11(12,13)14/h3-6H,1-2H3,(H,15,16)/b8-6-. The first kappa shape index (κ1) is 13.2. The number of carbonyl (C=O) groups excluding carboxylic acids is 1. The molecule has 0 atom stereocenters. The van der Waals surface area contributed by atoms with E-state index in [-0.39, 0.29) is 5.70 Å². The van der Waals surface area contributed by atoms with Gasteiger partial charge in [-0.3, -0.25) is 4.79 Å². The van der Waals surface area contributed by atoms with Gasteiger partial charge in [-0.15, -0.1) is 0 Å². The zero-order valence-electron chi connectivity index (χ0n) is 9.30. The second kappa shape index (κ2) is 4.99. The van der Waals surface area contributed by atoms with Crippen molar-refractivity contribution in [3.63, 3.8) is 0 Å². The van der Waals surface area contributed by atoms with Gasteiger partial charge in [0.1, 0.15) is 5.82 Å². The maximum absolute atomic E-state index is 12.0. The smallest absolute Gasteiger partial charge is 0.344 e. The molecule has 92 valence electrons. The maximum Gasteiger partial charge on any atom is 0.454 e. The Balaban J connectivity index is 2.76. The van der Waals surface area contributed by atoms with E-state index in [1.807, 2.05) is 0 Å². The molecule has 0 aliphatic heterocycles. The van der Waals surface area contributed by atoms with Crippen LogP contribution in [0.15, 0.2) is 30.0 Å². The van der Waals surface area contributed by atoms with Crippen molar-refractivity contribution in [2.24, 2.45) is 0 Å². The molecule has 0 amide bonds. The number of aromatic nitrogens is 1. The van der Waals surface area contributed by atoms with Crippen molar-refractivity contribution in [2.45, 2.75) is 20.0 Å². The molecular weight excluding hydrogens is 233 g/mol. The van der Waals surface area contributed by atoms with Gasteiger partial charge in [-0.1, -0.05) is 6.07 Å². The predicted molar refractivity (Wildman–Crippen MR) is 57.4 cm³/mol. The third-order valence-corrected chi connectivity index (χ3v) is 1.84. The van der Waals surface area contributed by atoms with Gasteiger partial charge in [0.25, 0.3) is 5.78 Å². The second-order valence-corrected chi connectivity index (χ2v) is 3.48. The Morgan fingerprint density at radius 2 is 2.06 bits per heavy atom. The molecular formula is C11H11F3N2O. The highest BCUT2D eigenvalue weighted by Crippen LogP contribution is 2.17. The summed E-state index contributed by atoms with van der Waals surface area (Å²) in [7, 11) is 0. The summed E-state index contributed by atoms with van der Waals surface area (Å²) in [6.07, 6.45) is -4.34. The normalized spacial score (nSPS) is 12.4. The fraction of sp³-hybridized carbons (Fsp3) is 0.273. The third kappa shape index (κ3) is 4.26. The van der Waals surface area contributed by atoms with E-state index in [2.05, 4.69) is 10.3 Å². The molecule has 0 bridgehead atoms. The van der Waals surface area contributed by atoms with E-state index in [4.69, 9.17) is 0 Å². The minimum atomic E-state index is -4.84.